The van der Waals surface area contributed by atoms with Crippen molar-refractivity contribution in [2.24, 2.45) is 5.41 Å². The van der Waals surface area contributed by atoms with Crippen molar-refractivity contribution in [1.82, 2.24) is 0 Å². The highest BCUT2D eigenvalue weighted by molar-refractivity contribution is 8.22. The predicted molar refractivity (Wildman–Crippen MR) is 138 cm³/mol. The van der Waals surface area contributed by atoms with E-state index in [1.54, 1.807) is 0 Å². The molecule has 0 aromatic carbocycles. The highest BCUT2D eigenvalue weighted by Gasteiger charge is 2.33. The molecular weight excluding hydrogens is 444 g/mol. The van der Waals surface area contributed by atoms with Crippen molar-refractivity contribution in [2.45, 2.75) is 32.6 Å². The monoisotopic (exact) mass is 484 g/mol. The van der Waals surface area contributed by atoms with Gasteiger partial charge in [0.2, 0.25) is 0 Å². The van der Waals surface area contributed by atoms with E-state index in [4.69, 9.17) is 18.9 Å². The molecule has 0 bridgehead atoms. The zero-order valence-corrected chi connectivity index (χ0v) is 21.3. The van der Waals surface area contributed by atoms with E-state index >= 15 is 0 Å². The summed E-state index contributed by atoms with van der Waals surface area (Å²) < 4.78 is 24.1. The van der Waals surface area contributed by atoms with Crippen LogP contribution in [0, 0.1) is 5.41 Å². The normalized spacial score (nSPS) is 17.7. The first-order chi connectivity index (χ1) is 14.2. The van der Waals surface area contributed by atoms with Crippen LogP contribution in [0.1, 0.15) is 32.6 Å². The maximum atomic E-state index is 6.22. The van der Waals surface area contributed by atoms with Crippen molar-refractivity contribution < 1.29 is 18.9 Å². The van der Waals surface area contributed by atoms with Gasteiger partial charge < -0.3 is 18.9 Å². The molecule has 0 N–H and O–H groups in total. The van der Waals surface area contributed by atoms with Gasteiger partial charge in [0.15, 0.2) is 0 Å². The molecular formula is C21H40O4S4. The lowest BCUT2D eigenvalue weighted by Gasteiger charge is -2.33. The Hall–Kier alpha value is 0.560. The van der Waals surface area contributed by atoms with Crippen molar-refractivity contribution in [3.05, 3.63) is 22.7 Å². The fourth-order valence-corrected chi connectivity index (χ4v) is 4.85. The minimum atomic E-state index is -0.339. The van der Waals surface area contributed by atoms with Crippen LogP contribution in [-0.2, 0) is 18.9 Å². The van der Waals surface area contributed by atoms with Crippen molar-refractivity contribution in [2.75, 3.05) is 69.3 Å². The number of rotatable bonds is 20. The molecule has 0 spiro atoms. The standard InChI is InChI=1S/C21H40O4S4/c1-2-13-29-14-6-20(15-29)25-19-21(16-22-7-3-10-26,17-23-8-4-11-27)18-24-9-5-12-28/h6,14-15,26-29H,2-5,7-13,16-19H2,1H3. The molecule has 0 saturated heterocycles. The fourth-order valence-electron chi connectivity index (χ4n) is 2.75. The molecule has 0 fully saturated rings. The van der Waals surface area contributed by atoms with Gasteiger partial charge in [0.1, 0.15) is 12.4 Å². The van der Waals surface area contributed by atoms with Crippen molar-refractivity contribution in [1.29, 1.82) is 0 Å². The third-order valence-electron chi connectivity index (χ3n) is 4.32. The van der Waals surface area contributed by atoms with Crippen LogP contribution >= 0.6 is 48.8 Å². The number of ether oxygens (including phenoxy) is 4. The van der Waals surface area contributed by atoms with Crippen LogP contribution < -0.4 is 0 Å². The molecule has 4 nitrogen and oxygen atoms in total. The van der Waals surface area contributed by atoms with Gasteiger partial charge in [-0.3, -0.25) is 0 Å². The van der Waals surface area contributed by atoms with E-state index in [9.17, 15) is 0 Å². The van der Waals surface area contributed by atoms with E-state index in [-0.39, 0.29) is 16.3 Å². The zero-order chi connectivity index (χ0) is 21.2. The summed E-state index contributed by atoms with van der Waals surface area (Å²) in [7, 11) is -0.166. The van der Waals surface area contributed by atoms with E-state index < -0.39 is 0 Å². The van der Waals surface area contributed by atoms with E-state index in [2.05, 4.69) is 61.7 Å². The van der Waals surface area contributed by atoms with Crippen LogP contribution in [-0.4, -0.2) is 69.3 Å². The number of allylic oxidation sites excluding steroid dienone is 1. The molecule has 0 amide bonds. The maximum Gasteiger partial charge on any atom is 0.124 e. The van der Waals surface area contributed by atoms with Gasteiger partial charge >= 0.3 is 0 Å². The molecule has 1 heterocycles. The summed E-state index contributed by atoms with van der Waals surface area (Å²) in [6.45, 7) is 6.42. The van der Waals surface area contributed by atoms with Gasteiger partial charge in [-0.15, -0.1) is 0 Å². The lowest BCUT2D eigenvalue weighted by molar-refractivity contribution is -0.0962. The second kappa shape index (κ2) is 18.2. The van der Waals surface area contributed by atoms with Gasteiger partial charge in [-0.1, -0.05) is 6.92 Å². The van der Waals surface area contributed by atoms with Gasteiger partial charge in [0, 0.05) is 19.8 Å². The molecule has 0 aromatic rings. The average Bonchev–Trinajstić information content (AvgIpc) is 3.18. The Bertz CT molecular complexity index is 429. The summed E-state index contributed by atoms with van der Waals surface area (Å²) >= 11 is 12.8. The van der Waals surface area contributed by atoms with E-state index in [1.807, 2.05) is 0 Å². The summed E-state index contributed by atoms with van der Waals surface area (Å²) in [5.41, 5.74) is -0.339. The highest BCUT2D eigenvalue weighted by Crippen LogP contribution is 2.37. The molecule has 8 heteroatoms. The molecule has 1 unspecified atom stereocenters. The summed E-state index contributed by atoms with van der Waals surface area (Å²) in [4.78, 5) is 0. The quantitative estimate of drug-likeness (QED) is 0.148. The Morgan fingerprint density at radius 2 is 1.34 bits per heavy atom. The second-order valence-corrected chi connectivity index (χ2v) is 10.6. The molecule has 1 rings (SSSR count). The minimum absolute atomic E-state index is 0.166. The first-order valence-corrected chi connectivity index (χ1v) is 14.1. The van der Waals surface area contributed by atoms with E-state index in [1.165, 1.54) is 12.2 Å². The zero-order valence-electron chi connectivity index (χ0n) is 17.8. The van der Waals surface area contributed by atoms with E-state index in [0.29, 0.717) is 46.2 Å². The van der Waals surface area contributed by atoms with E-state index in [0.717, 1.165) is 42.3 Å². The van der Waals surface area contributed by atoms with Crippen molar-refractivity contribution in [3.63, 3.8) is 0 Å². The second-order valence-electron chi connectivity index (χ2n) is 7.26. The summed E-state index contributed by atoms with van der Waals surface area (Å²) in [5.74, 6) is 4.64. The number of thiol groups is 4. The molecule has 0 aliphatic carbocycles. The van der Waals surface area contributed by atoms with Crippen LogP contribution in [0.5, 0.6) is 0 Å². The Labute approximate surface area is 197 Å². The first kappa shape index (κ1) is 27.6. The van der Waals surface area contributed by atoms with Crippen molar-refractivity contribution in [3.8, 4) is 0 Å². The van der Waals surface area contributed by atoms with Crippen LogP contribution in [0.3, 0.4) is 0 Å². The topological polar surface area (TPSA) is 36.9 Å². The Morgan fingerprint density at radius 1 is 0.828 bits per heavy atom. The summed E-state index contributed by atoms with van der Waals surface area (Å²) in [5, 5.41) is 4.56. The fraction of sp³-hybridized carbons (Fsp3) is 0.810. The molecule has 1 atom stereocenters. The third kappa shape index (κ3) is 12.9. The van der Waals surface area contributed by atoms with Gasteiger partial charge in [-0.25, -0.2) is 10.9 Å². The van der Waals surface area contributed by atoms with Crippen LogP contribution in [0.2, 0.25) is 0 Å². The Kier molecular flexibility index (Phi) is 17.3. The van der Waals surface area contributed by atoms with Crippen LogP contribution in [0.25, 0.3) is 0 Å². The Balaban J connectivity index is 2.72. The smallest absolute Gasteiger partial charge is 0.124 e. The third-order valence-corrected chi connectivity index (χ3v) is 7.35. The summed E-state index contributed by atoms with van der Waals surface area (Å²) in [6.07, 6.45) is 6.08. The first-order valence-electron chi connectivity index (χ1n) is 10.5. The molecule has 1 aliphatic heterocycles. The van der Waals surface area contributed by atoms with Gasteiger partial charge in [-0.05, 0) is 65.6 Å². The highest BCUT2D eigenvalue weighted by atomic mass is 32.2. The number of hydrogen-bond donors (Lipinski definition) is 4. The molecule has 1 aliphatic rings. The van der Waals surface area contributed by atoms with Crippen LogP contribution in [0.4, 0.5) is 0 Å². The molecule has 0 aromatic heterocycles. The lowest BCUT2D eigenvalue weighted by atomic mass is 9.92. The Morgan fingerprint density at radius 3 is 1.79 bits per heavy atom. The number of hydrogen-bond acceptors (Lipinski definition) is 7. The maximum absolute atomic E-state index is 6.22. The SMILES string of the molecule is CCC[SH]1C=CC(OCC(COCCCS)(COCCCS)COCCCS)=C1. The average molecular weight is 485 g/mol. The van der Waals surface area contributed by atoms with Crippen molar-refractivity contribution >= 4 is 48.8 Å². The largest absolute Gasteiger partial charge is 0.492 e. The van der Waals surface area contributed by atoms with Crippen LogP contribution in [0.15, 0.2) is 22.7 Å². The molecule has 172 valence electrons. The molecule has 0 radical (unpaired) electrons. The molecule has 29 heavy (non-hydrogen) atoms. The van der Waals surface area contributed by atoms with Gasteiger partial charge in [0.05, 0.1) is 25.2 Å². The van der Waals surface area contributed by atoms with Gasteiger partial charge in [-0.2, -0.15) is 37.9 Å². The summed E-state index contributed by atoms with van der Waals surface area (Å²) in [6, 6.07) is 0. The lowest BCUT2D eigenvalue weighted by Crippen LogP contribution is -2.42. The van der Waals surface area contributed by atoms with Gasteiger partial charge in [0.25, 0.3) is 0 Å². The minimum Gasteiger partial charge on any atom is -0.492 e. The molecule has 0 saturated carbocycles. The predicted octanol–water partition coefficient (Wildman–Crippen LogP) is 4.78.